The number of hydrogen-bond acceptors (Lipinski definition) is 3. The molecule has 12 heavy (non-hydrogen) atoms. The summed E-state index contributed by atoms with van der Waals surface area (Å²) in [5.74, 6) is 0. The van der Waals surface area contributed by atoms with Crippen LogP contribution in [0.25, 0.3) is 0 Å². The highest BCUT2D eigenvalue weighted by Gasteiger charge is 2.11. The summed E-state index contributed by atoms with van der Waals surface area (Å²) in [5.41, 5.74) is 6.72. The summed E-state index contributed by atoms with van der Waals surface area (Å²) in [6.45, 7) is 6.15. The number of rotatable bonds is 3. The van der Waals surface area contributed by atoms with Crippen LogP contribution in [0.15, 0.2) is 0 Å². The quantitative estimate of drug-likeness (QED) is 0.613. The second-order valence-corrected chi connectivity index (χ2v) is 3.70. The van der Waals surface area contributed by atoms with Crippen molar-refractivity contribution in [2.24, 2.45) is 5.41 Å². The van der Waals surface area contributed by atoms with Gasteiger partial charge in [0.2, 0.25) is 0 Å². The van der Waals surface area contributed by atoms with Crippen molar-refractivity contribution in [3.63, 3.8) is 0 Å². The first-order valence-corrected chi connectivity index (χ1v) is 3.90. The molecule has 0 aromatic carbocycles. The van der Waals surface area contributed by atoms with E-state index in [0.717, 1.165) is 6.42 Å². The molecule has 0 heterocycles. The third-order valence-corrected chi connectivity index (χ3v) is 1.26. The van der Waals surface area contributed by atoms with Crippen LogP contribution in [-0.4, -0.2) is 19.5 Å². The molecule has 0 spiro atoms. The van der Waals surface area contributed by atoms with Gasteiger partial charge in [0, 0.05) is 0 Å². The van der Waals surface area contributed by atoms with Crippen LogP contribution in [0.3, 0.4) is 0 Å². The lowest BCUT2D eigenvalue weighted by Crippen LogP contribution is -2.14. The molecule has 0 fully saturated rings. The lowest BCUT2D eigenvalue weighted by atomic mass is 9.93. The highest BCUT2D eigenvalue weighted by atomic mass is 16.7. The minimum Gasteiger partial charge on any atom is -0.434 e. The zero-order chi connectivity index (χ0) is 9.61. The van der Waals surface area contributed by atoms with Gasteiger partial charge in [-0.3, -0.25) is 0 Å². The van der Waals surface area contributed by atoms with Crippen molar-refractivity contribution < 1.29 is 14.3 Å². The van der Waals surface area contributed by atoms with Gasteiger partial charge in [-0.25, -0.2) is 10.5 Å². The average molecular weight is 174 g/mol. The van der Waals surface area contributed by atoms with E-state index in [2.05, 4.69) is 30.2 Å². The van der Waals surface area contributed by atoms with Crippen molar-refractivity contribution in [3.05, 3.63) is 0 Å². The Morgan fingerprint density at radius 1 is 1.33 bits per heavy atom. The van der Waals surface area contributed by atoms with Crippen LogP contribution in [0, 0.1) is 5.41 Å². The number of carbonyl (C=O) groups excluding carboxylic acids is 1. The fraction of sp³-hybridized carbons (Fsp3) is 0.875. The molecule has 0 aromatic rings. The van der Waals surface area contributed by atoms with Crippen molar-refractivity contribution in [1.82, 2.24) is 5.73 Å². The molecule has 4 heteroatoms. The van der Waals surface area contributed by atoms with E-state index < -0.39 is 6.16 Å². The Morgan fingerprint density at radius 3 is 2.33 bits per heavy atom. The summed E-state index contributed by atoms with van der Waals surface area (Å²) < 4.78 is 8.94. The molecule has 0 aliphatic rings. The Kier molecular flexibility index (Phi) is 4.66. The van der Waals surface area contributed by atoms with Crippen LogP contribution >= 0.6 is 0 Å². The van der Waals surface area contributed by atoms with Gasteiger partial charge in [0.15, 0.2) is 6.73 Å². The van der Waals surface area contributed by atoms with Gasteiger partial charge < -0.3 is 9.47 Å². The predicted octanol–water partition coefficient (Wildman–Crippen LogP) is 1.82. The molecule has 0 amide bonds. The minimum absolute atomic E-state index is 0.154. The molecule has 0 bridgehead atoms. The Bertz CT molecular complexity index is 140. The summed E-state index contributed by atoms with van der Waals surface area (Å²) in [7, 11) is 0. The molecule has 1 radical (unpaired) electrons. The largest absolute Gasteiger partial charge is 0.509 e. The lowest BCUT2D eigenvalue weighted by molar-refractivity contribution is 0.0490. The fourth-order valence-corrected chi connectivity index (χ4v) is 0.541. The van der Waals surface area contributed by atoms with Crippen LogP contribution in [0.4, 0.5) is 4.79 Å². The Labute approximate surface area is 73.0 Å². The van der Waals surface area contributed by atoms with E-state index in [-0.39, 0.29) is 12.1 Å². The summed E-state index contributed by atoms with van der Waals surface area (Å²) in [4.78, 5) is 10.6. The van der Waals surface area contributed by atoms with Crippen LogP contribution in [0.1, 0.15) is 27.2 Å². The van der Waals surface area contributed by atoms with Gasteiger partial charge in [-0.15, -0.1) is 0 Å². The fourth-order valence-electron chi connectivity index (χ4n) is 0.541. The first kappa shape index (κ1) is 11.2. The molecule has 4 nitrogen and oxygen atoms in total. The van der Waals surface area contributed by atoms with Crippen LogP contribution in [-0.2, 0) is 9.47 Å². The molecular weight excluding hydrogens is 158 g/mol. The molecular formula is C8H16NO3. The molecule has 0 aliphatic carbocycles. The third-order valence-electron chi connectivity index (χ3n) is 1.26. The second-order valence-electron chi connectivity index (χ2n) is 3.70. The standard InChI is InChI=1S/C8H16NO3/c1-8(2,3)4-5-11-7(10)12-6-9/h9H,4-6H2,1-3H3. The number of carbonyl (C=O) groups is 1. The number of ether oxygens (including phenoxy) is 2. The third kappa shape index (κ3) is 7.34. The number of hydrogen-bond donors (Lipinski definition) is 0. The van der Waals surface area contributed by atoms with E-state index >= 15 is 0 Å². The molecule has 0 atom stereocenters. The monoisotopic (exact) mass is 174 g/mol. The normalized spacial score (nSPS) is 11.0. The van der Waals surface area contributed by atoms with Crippen molar-refractivity contribution in [3.8, 4) is 0 Å². The Morgan fingerprint density at radius 2 is 1.92 bits per heavy atom. The van der Waals surface area contributed by atoms with Crippen molar-refractivity contribution in [2.45, 2.75) is 27.2 Å². The highest BCUT2D eigenvalue weighted by molar-refractivity contribution is 5.59. The maximum atomic E-state index is 10.6. The molecule has 0 saturated heterocycles. The SMILES string of the molecule is CC(C)(C)CCOC(=O)OC[NH]. The second kappa shape index (κ2) is 4.98. The highest BCUT2D eigenvalue weighted by Crippen LogP contribution is 2.17. The van der Waals surface area contributed by atoms with Gasteiger partial charge in [0.25, 0.3) is 0 Å². The molecule has 0 unspecified atom stereocenters. The Hall–Kier alpha value is -0.770. The van der Waals surface area contributed by atoms with E-state index in [1.54, 1.807) is 0 Å². The van der Waals surface area contributed by atoms with Crippen LogP contribution in [0.2, 0.25) is 0 Å². The van der Waals surface area contributed by atoms with Gasteiger partial charge in [-0.1, -0.05) is 20.8 Å². The van der Waals surface area contributed by atoms with Gasteiger partial charge in [-0.05, 0) is 11.8 Å². The number of nitrogens with one attached hydrogen (secondary N) is 1. The molecule has 71 valence electrons. The van der Waals surface area contributed by atoms with Crippen molar-refractivity contribution >= 4 is 6.16 Å². The molecule has 0 aliphatic heterocycles. The molecule has 1 N–H and O–H groups in total. The van der Waals surface area contributed by atoms with E-state index in [1.165, 1.54) is 0 Å². The summed E-state index contributed by atoms with van der Waals surface area (Å²) in [6.07, 6.45) is 0.0364. The van der Waals surface area contributed by atoms with Crippen LogP contribution in [0.5, 0.6) is 0 Å². The van der Waals surface area contributed by atoms with E-state index in [1.807, 2.05) is 0 Å². The summed E-state index contributed by atoms with van der Waals surface area (Å²) in [5, 5.41) is 0. The van der Waals surface area contributed by atoms with Gasteiger partial charge in [-0.2, -0.15) is 0 Å². The average Bonchev–Trinajstić information content (AvgIpc) is 1.84. The summed E-state index contributed by atoms with van der Waals surface area (Å²) >= 11 is 0. The van der Waals surface area contributed by atoms with E-state index in [4.69, 9.17) is 5.73 Å². The smallest absolute Gasteiger partial charge is 0.434 e. The van der Waals surface area contributed by atoms with Gasteiger partial charge >= 0.3 is 6.16 Å². The zero-order valence-corrected chi connectivity index (χ0v) is 7.85. The molecule has 0 saturated carbocycles. The molecule has 0 aromatic heterocycles. The van der Waals surface area contributed by atoms with Crippen molar-refractivity contribution in [2.75, 3.05) is 13.3 Å². The van der Waals surface area contributed by atoms with Crippen LogP contribution < -0.4 is 5.73 Å². The summed E-state index contributed by atoms with van der Waals surface area (Å²) in [6, 6.07) is 0. The van der Waals surface area contributed by atoms with Gasteiger partial charge in [0.05, 0.1) is 6.61 Å². The predicted molar refractivity (Wildman–Crippen MR) is 44.5 cm³/mol. The first-order valence-electron chi connectivity index (χ1n) is 3.90. The van der Waals surface area contributed by atoms with E-state index in [0.29, 0.717) is 6.61 Å². The first-order chi connectivity index (χ1) is 5.45. The zero-order valence-electron chi connectivity index (χ0n) is 7.85. The maximum Gasteiger partial charge on any atom is 0.509 e. The minimum atomic E-state index is -0.755. The lowest BCUT2D eigenvalue weighted by Gasteiger charge is -2.16. The van der Waals surface area contributed by atoms with Gasteiger partial charge in [0.1, 0.15) is 0 Å². The topological polar surface area (TPSA) is 59.3 Å². The maximum absolute atomic E-state index is 10.6. The molecule has 0 rings (SSSR count). The Balaban J connectivity index is 3.37. The van der Waals surface area contributed by atoms with Crippen molar-refractivity contribution in [1.29, 1.82) is 0 Å². The van der Waals surface area contributed by atoms with E-state index in [9.17, 15) is 4.79 Å².